The average molecular weight is 335 g/mol. The van der Waals surface area contributed by atoms with Gasteiger partial charge in [-0.05, 0) is 18.2 Å². The van der Waals surface area contributed by atoms with E-state index in [0.29, 0.717) is 27.4 Å². The number of hydrogen-bond donors (Lipinski definition) is 3. The number of aliphatic carboxylic acids is 1. The summed E-state index contributed by atoms with van der Waals surface area (Å²) in [5, 5.41) is 18.7. The zero-order valence-corrected chi connectivity index (χ0v) is 12.4. The highest BCUT2D eigenvalue weighted by Crippen LogP contribution is 2.27. The third-order valence-electron chi connectivity index (χ3n) is 3.12. The summed E-state index contributed by atoms with van der Waals surface area (Å²) < 4.78 is 5.25. The van der Waals surface area contributed by atoms with Crippen molar-refractivity contribution >= 4 is 34.4 Å². The summed E-state index contributed by atoms with van der Waals surface area (Å²) in [6.07, 6.45) is 1.18. The Morgan fingerprint density at radius 2 is 2.17 bits per heavy atom. The van der Waals surface area contributed by atoms with Gasteiger partial charge in [-0.15, -0.1) is 0 Å². The van der Waals surface area contributed by atoms with Crippen LogP contribution in [0, 0.1) is 0 Å². The van der Waals surface area contributed by atoms with Crippen LogP contribution in [0.5, 0.6) is 0 Å². The number of benzene rings is 1. The summed E-state index contributed by atoms with van der Waals surface area (Å²) in [5.41, 5.74) is 0.867. The van der Waals surface area contributed by atoms with Gasteiger partial charge >= 0.3 is 5.97 Å². The monoisotopic (exact) mass is 334 g/mol. The molecule has 0 unspecified atom stereocenters. The molecule has 118 valence electrons. The Balaban J connectivity index is 1.71. The first kappa shape index (κ1) is 15.0. The molecule has 0 atom stereocenters. The maximum atomic E-state index is 12.3. The van der Waals surface area contributed by atoms with Gasteiger partial charge in [-0.25, -0.2) is 4.98 Å². The van der Waals surface area contributed by atoms with E-state index in [-0.39, 0.29) is 24.7 Å². The first-order valence-electron chi connectivity index (χ1n) is 6.60. The largest absolute Gasteiger partial charge is 0.481 e. The predicted octanol–water partition coefficient (Wildman–Crippen LogP) is 1.76. The molecule has 9 heteroatoms. The van der Waals surface area contributed by atoms with Crippen LogP contribution in [0.1, 0.15) is 22.0 Å². The summed E-state index contributed by atoms with van der Waals surface area (Å²) in [6.45, 7) is 0.0907. The molecule has 3 rings (SSSR count). The van der Waals surface area contributed by atoms with E-state index in [4.69, 9.17) is 21.1 Å². The lowest BCUT2D eigenvalue weighted by molar-refractivity contribution is -0.136. The summed E-state index contributed by atoms with van der Waals surface area (Å²) in [4.78, 5) is 26.8. The van der Waals surface area contributed by atoms with Crippen molar-refractivity contribution in [1.82, 2.24) is 20.5 Å². The summed E-state index contributed by atoms with van der Waals surface area (Å²) in [5.74, 6) is -0.829. The Hall–Kier alpha value is -2.87. The standard InChI is InChI=1S/C14H11ClN4O4/c15-9-2-1-8(7-3-4-23-13(7)9)14(22)16-6-11-17-10(18-19-11)5-12(20)21/h1-4H,5-6H2,(H,16,22)(H,20,21)(H,17,18,19). The minimum Gasteiger partial charge on any atom is -0.481 e. The van der Waals surface area contributed by atoms with Gasteiger partial charge in [0, 0.05) is 5.39 Å². The van der Waals surface area contributed by atoms with E-state index in [1.54, 1.807) is 18.2 Å². The van der Waals surface area contributed by atoms with E-state index in [9.17, 15) is 9.59 Å². The fourth-order valence-corrected chi connectivity index (χ4v) is 2.32. The van der Waals surface area contributed by atoms with E-state index in [0.717, 1.165) is 0 Å². The number of fused-ring (bicyclic) bond motifs is 1. The highest BCUT2D eigenvalue weighted by molar-refractivity contribution is 6.35. The number of aromatic amines is 1. The van der Waals surface area contributed by atoms with Crippen molar-refractivity contribution in [3.63, 3.8) is 0 Å². The molecule has 0 fully saturated rings. The van der Waals surface area contributed by atoms with E-state index in [2.05, 4.69) is 20.5 Å². The van der Waals surface area contributed by atoms with Crippen LogP contribution < -0.4 is 5.32 Å². The van der Waals surface area contributed by atoms with Gasteiger partial charge in [-0.3, -0.25) is 14.7 Å². The molecule has 23 heavy (non-hydrogen) atoms. The van der Waals surface area contributed by atoms with Crippen LogP contribution in [-0.2, 0) is 17.8 Å². The van der Waals surface area contributed by atoms with Crippen molar-refractivity contribution in [3.05, 3.63) is 46.7 Å². The zero-order chi connectivity index (χ0) is 16.4. The predicted molar refractivity (Wildman–Crippen MR) is 80.1 cm³/mol. The number of rotatable bonds is 5. The highest BCUT2D eigenvalue weighted by atomic mass is 35.5. The molecule has 2 heterocycles. The van der Waals surface area contributed by atoms with Crippen molar-refractivity contribution < 1.29 is 19.1 Å². The second-order valence-electron chi connectivity index (χ2n) is 4.71. The Bertz CT molecular complexity index is 886. The number of aromatic nitrogens is 3. The van der Waals surface area contributed by atoms with Crippen molar-refractivity contribution in [2.45, 2.75) is 13.0 Å². The second-order valence-corrected chi connectivity index (χ2v) is 5.12. The number of furan rings is 1. The van der Waals surface area contributed by atoms with Crippen molar-refractivity contribution in [2.75, 3.05) is 0 Å². The number of carboxylic acid groups (broad SMARTS) is 1. The summed E-state index contributed by atoms with van der Waals surface area (Å²) in [7, 11) is 0. The van der Waals surface area contributed by atoms with Crippen molar-refractivity contribution in [2.24, 2.45) is 0 Å². The molecule has 0 aliphatic rings. The molecule has 2 aromatic heterocycles. The Morgan fingerprint density at radius 1 is 1.35 bits per heavy atom. The Kier molecular flexibility index (Phi) is 3.98. The van der Waals surface area contributed by atoms with Gasteiger partial charge in [0.1, 0.15) is 12.2 Å². The molecular formula is C14H11ClN4O4. The number of nitrogens with one attached hydrogen (secondary N) is 2. The molecule has 1 aromatic carbocycles. The van der Waals surface area contributed by atoms with Gasteiger partial charge in [0.05, 0.1) is 23.4 Å². The number of halogens is 1. The lowest BCUT2D eigenvalue weighted by atomic mass is 10.1. The van der Waals surface area contributed by atoms with Crippen LogP contribution in [0.15, 0.2) is 28.9 Å². The van der Waals surface area contributed by atoms with E-state index in [1.165, 1.54) is 6.26 Å². The van der Waals surface area contributed by atoms with E-state index >= 15 is 0 Å². The second kappa shape index (κ2) is 6.09. The van der Waals surface area contributed by atoms with Crippen LogP contribution in [0.4, 0.5) is 0 Å². The van der Waals surface area contributed by atoms with Crippen LogP contribution in [0.25, 0.3) is 11.0 Å². The van der Waals surface area contributed by atoms with Crippen molar-refractivity contribution in [1.29, 1.82) is 0 Å². The van der Waals surface area contributed by atoms with Crippen LogP contribution >= 0.6 is 11.6 Å². The van der Waals surface area contributed by atoms with E-state index in [1.807, 2.05) is 0 Å². The number of carboxylic acids is 1. The number of hydrogen-bond acceptors (Lipinski definition) is 5. The van der Waals surface area contributed by atoms with Gasteiger partial charge in [-0.2, -0.15) is 5.10 Å². The molecule has 0 saturated carbocycles. The van der Waals surface area contributed by atoms with Crippen molar-refractivity contribution in [3.8, 4) is 0 Å². The first-order valence-corrected chi connectivity index (χ1v) is 6.98. The molecule has 8 nitrogen and oxygen atoms in total. The highest BCUT2D eigenvalue weighted by Gasteiger charge is 2.15. The molecule has 3 aromatic rings. The molecule has 0 saturated heterocycles. The summed E-state index contributed by atoms with van der Waals surface area (Å²) in [6, 6.07) is 4.85. The topological polar surface area (TPSA) is 121 Å². The minimum atomic E-state index is -1.02. The smallest absolute Gasteiger partial charge is 0.311 e. The van der Waals surface area contributed by atoms with Gasteiger partial charge < -0.3 is 14.8 Å². The fraction of sp³-hybridized carbons (Fsp3) is 0.143. The van der Waals surface area contributed by atoms with Gasteiger partial charge in [-0.1, -0.05) is 11.6 Å². The molecule has 0 radical (unpaired) electrons. The molecule has 0 spiro atoms. The molecule has 0 bridgehead atoms. The van der Waals surface area contributed by atoms with Crippen LogP contribution in [-0.4, -0.2) is 32.2 Å². The maximum Gasteiger partial charge on any atom is 0.311 e. The lowest BCUT2D eigenvalue weighted by Crippen LogP contribution is -2.23. The molecular weight excluding hydrogens is 324 g/mol. The lowest BCUT2D eigenvalue weighted by Gasteiger charge is -2.04. The van der Waals surface area contributed by atoms with E-state index < -0.39 is 5.97 Å². The zero-order valence-electron chi connectivity index (χ0n) is 11.7. The number of carbonyl (C=O) groups excluding carboxylic acids is 1. The fourth-order valence-electron chi connectivity index (χ4n) is 2.11. The molecule has 3 N–H and O–H groups in total. The van der Waals surface area contributed by atoms with Gasteiger partial charge in [0.15, 0.2) is 11.4 Å². The number of carbonyl (C=O) groups is 2. The molecule has 0 aliphatic heterocycles. The average Bonchev–Trinajstić information content (AvgIpc) is 3.14. The van der Waals surface area contributed by atoms with Crippen LogP contribution in [0.2, 0.25) is 5.02 Å². The third-order valence-corrected chi connectivity index (χ3v) is 3.41. The quantitative estimate of drug-likeness (QED) is 0.653. The first-order chi connectivity index (χ1) is 11.0. The van der Waals surface area contributed by atoms with Gasteiger partial charge in [0.2, 0.25) is 0 Å². The molecule has 0 aliphatic carbocycles. The SMILES string of the molecule is O=C(O)Cc1n[nH]c(CNC(=O)c2ccc(Cl)c3occc23)n1. The number of H-pyrrole nitrogens is 1. The van der Waals surface area contributed by atoms with Crippen LogP contribution in [0.3, 0.4) is 0 Å². The maximum absolute atomic E-state index is 12.3. The number of amides is 1. The summed E-state index contributed by atoms with van der Waals surface area (Å²) >= 11 is 6.00. The Morgan fingerprint density at radius 3 is 2.96 bits per heavy atom. The van der Waals surface area contributed by atoms with Gasteiger partial charge in [0.25, 0.3) is 5.91 Å². The third kappa shape index (κ3) is 3.16. The number of nitrogens with zero attached hydrogens (tertiary/aromatic N) is 2. The normalized spacial score (nSPS) is 10.8. The minimum absolute atomic E-state index is 0.0907. The molecule has 1 amide bonds. The Labute approximate surface area is 134 Å².